The lowest BCUT2D eigenvalue weighted by molar-refractivity contribution is -0.133. The van der Waals surface area contributed by atoms with Gasteiger partial charge in [0.05, 0.1) is 6.42 Å². The van der Waals surface area contributed by atoms with E-state index in [1.165, 1.54) is 0 Å². The molecule has 1 aliphatic heterocycles. The van der Waals surface area contributed by atoms with Crippen molar-refractivity contribution in [2.75, 3.05) is 26.2 Å². The highest BCUT2D eigenvalue weighted by Crippen LogP contribution is 2.23. The number of hydrogen-bond acceptors (Lipinski definition) is 4. The molecule has 7 heteroatoms. The van der Waals surface area contributed by atoms with E-state index in [0.29, 0.717) is 43.7 Å². The van der Waals surface area contributed by atoms with Crippen LogP contribution >= 0.6 is 0 Å². The number of carbonyl (C=O) groups excluding carboxylic acids is 3. The van der Waals surface area contributed by atoms with E-state index in [0.717, 1.165) is 5.56 Å². The second kappa shape index (κ2) is 8.67. The van der Waals surface area contributed by atoms with Crippen LogP contribution in [0.2, 0.25) is 0 Å². The first-order valence-electron chi connectivity index (χ1n) is 9.20. The van der Waals surface area contributed by atoms with Gasteiger partial charge in [0.25, 0.3) is 0 Å². The summed E-state index contributed by atoms with van der Waals surface area (Å²) in [5.74, 6) is -0.907. The Morgan fingerprint density at radius 1 is 0.857 bits per heavy atom. The van der Waals surface area contributed by atoms with E-state index in [1.54, 1.807) is 24.3 Å². The molecule has 0 aliphatic carbocycles. The van der Waals surface area contributed by atoms with E-state index < -0.39 is 17.9 Å². The fourth-order valence-corrected chi connectivity index (χ4v) is 3.50. The molecule has 0 saturated carbocycles. The highest BCUT2D eigenvalue weighted by atomic mass is 16.2. The van der Waals surface area contributed by atoms with Gasteiger partial charge < -0.3 is 16.4 Å². The van der Waals surface area contributed by atoms with Gasteiger partial charge in [-0.2, -0.15) is 0 Å². The summed E-state index contributed by atoms with van der Waals surface area (Å²) in [6.07, 6.45) is 0.370. The third-order valence-corrected chi connectivity index (χ3v) is 5.01. The molecule has 0 spiro atoms. The molecule has 7 nitrogen and oxygen atoms in total. The molecule has 1 fully saturated rings. The molecule has 2 aromatic rings. The number of rotatable bonds is 6. The maximum absolute atomic E-state index is 12.5. The molecular weight excluding hydrogens is 356 g/mol. The van der Waals surface area contributed by atoms with Crippen LogP contribution in [0, 0.1) is 0 Å². The number of benzene rings is 2. The number of carbonyl (C=O) groups is 3. The molecule has 0 bridgehead atoms. The molecule has 146 valence electrons. The van der Waals surface area contributed by atoms with E-state index in [2.05, 4.69) is 0 Å². The van der Waals surface area contributed by atoms with Gasteiger partial charge in [0.15, 0.2) is 0 Å². The highest BCUT2D eigenvalue weighted by Gasteiger charge is 2.30. The summed E-state index contributed by atoms with van der Waals surface area (Å²) in [4.78, 5) is 39.6. The van der Waals surface area contributed by atoms with Gasteiger partial charge in [-0.05, 0) is 23.3 Å². The van der Waals surface area contributed by atoms with Crippen LogP contribution in [0.15, 0.2) is 54.6 Å². The van der Waals surface area contributed by atoms with Crippen molar-refractivity contribution in [1.82, 2.24) is 9.80 Å². The fourth-order valence-electron chi connectivity index (χ4n) is 3.50. The van der Waals surface area contributed by atoms with Gasteiger partial charge in [-0.25, -0.2) is 0 Å². The van der Waals surface area contributed by atoms with Crippen LogP contribution in [0.5, 0.6) is 0 Å². The summed E-state index contributed by atoms with van der Waals surface area (Å²) in [5, 5.41) is 0. The average Bonchev–Trinajstić information content (AvgIpc) is 2.69. The minimum absolute atomic E-state index is 0.0762. The Labute approximate surface area is 163 Å². The molecule has 3 amide bonds. The molecule has 28 heavy (non-hydrogen) atoms. The summed E-state index contributed by atoms with van der Waals surface area (Å²) >= 11 is 0. The van der Waals surface area contributed by atoms with Crippen LogP contribution in [0.1, 0.15) is 27.5 Å². The molecule has 0 aromatic heterocycles. The zero-order valence-electron chi connectivity index (χ0n) is 15.6. The average molecular weight is 380 g/mol. The smallest absolute Gasteiger partial charge is 0.248 e. The van der Waals surface area contributed by atoms with E-state index in [9.17, 15) is 14.4 Å². The van der Waals surface area contributed by atoms with Crippen LogP contribution in [0.3, 0.4) is 0 Å². The normalized spacial score (nSPS) is 15.8. The summed E-state index contributed by atoms with van der Waals surface area (Å²) in [6, 6.07) is 15.6. The first-order chi connectivity index (χ1) is 13.5. The van der Waals surface area contributed by atoms with E-state index in [1.807, 2.05) is 40.1 Å². The summed E-state index contributed by atoms with van der Waals surface area (Å²) in [6.45, 7) is 2.17. The van der Waals surface area contributed by atoms with Gasteiger partial charge in [-0.15, -0.1) is 0 Å². The van der Waals surface area contributed by atoms with Crippen LogP contribution in [0.4, 0.5) is 0 Å². The lowest BCUT2D eigenvalue weighted by Crippen LogP contribution is -2.52. The minimum atomic E-state index is -0.603. The van der Waals surface area contributed by atoms with E-state index in [-0.39, 0.29) is 5.91 Å². The quantitative estimate of drug-likeness (QED) is 0.768. The van der Waals surface area contributed by atoms with Gasteiger partial charge >= 0.3 is 0 Å². The SMILES string of the molecule is NC(=O)c1ccc(C(C(N)=O)N2CCN(C(=O)Cc3ccccc3)CC2)cc1. The zero-order valence-corrected chi connectivity index (χ0v) is 15.6. The lowest BCUT2D eigenvalue weighted by atomic mass is 10.0. The second-order valence-electron chi connectivity index (χ2n) is 6.87. The van der Waals surface area contributed by atoms with Crippen molar-refractivity contribution < 1.29 is 14.4 Å². The first kappa shape index (κ1) is 19.6. The standard InChI is InChI=1S/C21H24N4O3/c22-20(27)17-8-6-16(7-9-17)19(21(23)28)25-12-10-24(11-13-25)18(26)14-15-4-2-1-3-5-15/h1-9,19H,10-14H2,(H2,22,27)(H2,23,28). The molecule has 1 unspecified atom stereocenters. The van der Waals surface area contributed by atoms with E-state index >= 15 is 0 Å². The topological polar surface area (TPSA) is 110 Å². The second-order valence-corrected chi connectivity index (χ2v) is 6.87. The molecule has 2 aromatic carbocycles. The summed E-state index contributed by atoms with van der Waals surface area (Å²) < 4.78 is 0. The number of piperazine rings is 1. The minimum Gasteiger partial charge on any atom is -0.368 e. The Balaban J connectivity index is 1.63. The van der Waals surface area contributed by atoms with Crippen molar-refractivity contribution in [3.05, 3.63) is 71.3 Å². The van der Waals surface area contributed by atoms with E-state index in [4.69, 9.17) is 11.5 Å². The van der Waals surface area contributed by atoms with Gasteiger partial charge in [-0.3, -0.25) is 19.3 Å². The fraction of sp³-hybridized carbons (Fsp3) is 0.286. The third kappa shape index (κ3) is 4.55. The van der Waals surface area contributed by atoms with Crippen molar-refractivity contribution in [2.45, 2.75) is 12.5 Å². The Hall–Kier alpha value is -3.19. The number of primary amides is 2. The highest BCUT2D eigenvalue weighted by molar-refractivity contribution is 5.93. The molecule has 1 heterocycles. The van der Waals surface area contributed by atoms with Gasteiger partial charge in [0, 0.05) is 31.7 Å². The third-order valence-electron chi connectivity index (χ3n) is 5.01. The van der Waals surface area contributed by atoms with Crippen LogP contribution in [-0.4, -0.2) is 53.7 Å². The molecule has 0 radical (unpaired) electrons. The van der Waals surface area contributed by atoms with Crippen LogP contribution in [-0.2, 0) is 16.0 Å². The molecule has 4 N–H and O–H groups in total. The molecule has 1 atom stereocenters. The van der Waals surface area contributed by atoms with Crippen LogP contribution < -0.4 is 11.5 Å². The Morgan fingerprint density at radius 3 is 2.00 bits per heavy atom. The van der Waals surface area contributed by atoms with Crippen molar-refractivity contribution in [2.24, 2.45) is 11.5 Å². The summed E-state index contributed by atoms with van der Waals surface area (Å²) in [7, 11) is 0. The molecule has 1 saturated heterocycles. The predicted octanol–water partition coefficient (Wildman–Crippen LogP) is 0.699. The monoisotopic (exact) mass is 380 g/mol. The Morgan fingerprint density at radius 2 is 1.46 bits per heavy atom. The van der Waals surface area contributed by atoms with Crippen LogP contribution in [0.25, 0.3) is 0 Å². The number of nitrogens with zero attached hydrogens (tertiary/aromatic N) is 2. The number of amides is 3. The van der Waals surface area contributed by atoms with Gasteiger partial charge in [0.1, 0.15) is 6.04 Å². The lowest BCUT2D eigenvalue weighted by Gasteiger charge is -2.38. The largest absolute Gasteiger partial charge is 0.368 e. The maximum atomic E-state index is 12.5. The number of hydrogen-bond donors (Lipinski definition) is 2. The van der Waals surface area contributed by atoms with Gasteiger partial charge in [-0.1, -0.05) is 42.5 Å². The van der Waals surface area contributed by atoms with Crippen molar-refractivity contribution >= 4 is 17.7 Å². The molecule has 3 rings (SSSR count). The molecular formula is C21H24N4O3. The zero-order chi connectivity index (χ0) is 20.1. The maximum Gasteiger partial charge on any atom is 0.248 e. The summed E-state index contributed by atoms with van der Waals surface area (Å²) in [5.41, 5.74) is 13.0. The number of nitrogens with two attached hydrogens (primary N) is 2. The Bertz CT molecular complexity index is 844. The van der Waals surface area contributed by atoms with Crippen molar-refractivity contribution in [1.29, 1.82) is 0 Å². The predicted molar refractivity (Wildman–Crippen MR) is 105 cm³/mol. The van der Waals surface area contributed by atoms with Crippen molar-refractivity contribution in [3.8, 4) is 0 Å². The van der Waals surface area contributed by atoms with Crippen molar-refractivity contribution in [3.63, 3.8) is 0 Å². The Kier molecular flexibility index (Phi) is 6.06. The van der Waals surface area contributed by atoms with Gasteiger partial charge in [0.2, 0.25) is 17.7 Å². The first-order valence-corrected chi connectivity index (χ1v) is 9.20. The molecule has 1 aliphatic rings.